The summed E-state index contributed by atoms with van der Waals surface area (Å²) in [5.74, 6) is -0.759. The third kappa shape index (κ3) is 4.80. The molecule has 1 atom stereocenters. The normalized spacial score (nSPS) is 17.5. The van der Waals surface area contributed by atoms with Gasteiger partial charge in [-0.1, -0.05) is 12.1 Å². The van der Waals surface area contributed by atoms with Crippen molar-refractivity contribution in [2.24, 2.45) is 0 Å². The van der Waals surface area contributed by atoms with E-state index in [1.807, 2.05) is 11.8 Å². The van der Waals surface area contributed by atoms with Crippen molar-refractivity contribution in [3.8, 4) is 0 Å². The van der Waals surface area contributed by atoms with Gasteiger partial charge in [0.15, 0.2) is 5.11 Å². The van der Waals surface area contributed by atoms with Crippen molar-refractivity contribution in [1.82, 2.24) is 10.2 Å². The molecule has 26 heavy (non-hydrogen) atoms. The van der Waals surface area contributed by atoms with Crippen LogP contribution in [0.25, 0.3) is 0 Å². The number of carbonyl (C=O) groups excluding carboxylic acids is 1. The molecule has 0 unspecified atom stereocenters. The number of hydrogen-bond acceptors (Lipinski definition) is 3. The number of nitrogens with zero attached hydrogens (tertiary/aromatic N) is 1. The molecule has 0 aliphatic carbocycles. The van der Waals surface area contributed by atoms with Gasteiger partial charge in [-0.15, -0.1) is 0 Å². The number of thiocarbonyl (C=S) groups is 1. The number of hydrogen-bond donors (Lipinski definition) is 2. The molecule has 0 aromatic heterocycles. The first-order chi connectivity index (χ1) is 12.3. The van der Waals surface area contributed by atoms with Crippen LogP contribution in [-0.2, 0) is 9.53 Å². The highest BCUT2D eigenvalue weighted by Gasteiger charge is 2.34. The molecule has 7 heteroatoms. The lowest BCUT2D eigenvalue weighted by Gasteiger charge is -2.37. The van der Waals surface area contributed by atoms with Gasteiger partial charge in [0.1, 0.15) is 5.82 Å². The van der Waals surface area contributed by atoms with Crippen molar-refractivity contribution in [3.63, 3.8) is 0 Å². The number of allylic oxidation sites excluding steroid dienone is 1. The van der Waals surface area contributed by atoms with Gasteiger partial charge < -0.3 is 19.9 Å². The molecule has 1 aromatic rings. The summed E-state index contributed by atoms with van der Waals surface area (Å²) >= 11 is 5.53. The molecule has 0 radical (unpaired) electrons. The average molecular weight is 381 g/mol. The van der Waals surface area contributed by atoms with E-state index in [0.717, 1.165) is 18.7 Å². The van der Waals surface area contributed by atoms with Crippen LogP contribution in [0.5, 0.6) is 0 Å². The predicted octanol–water partition coefficient (Wildman–Crippen LogP) is 1.43. The van der Waals surface area contributed by atoms with E-state index < -0.39 is 12.0 Å². The summed E-state index contributed by atoms with van der Waals surface area (Å²) in [5.41, 5.74) is 1.88. The summed E-state index contributed by atoms with van der Waals surface area (Å²) in [5, 5.41) is 3.73. The smallest absolute Gasteiger partial charge is 0.338 e. The SMILES string of the molecule is CCOC(=O)C1=C(C)N(CCC[NH+](C)C)C(=S)N[C@@H]1c1cccc(F)c1. The molecular formula is C19H27FN3O2S+. The first-order valence-corrected chi connectivity index (χ1v) is 9.26. The van der Waals surface area contributed by atoms with Crippen LogP contribution >= 0.6 is 12.2 Å². The minimum absolute atomic E-state index is 0.278. The highest BCUT2D eigenvalue weighted by atomic mass is 32.1. The molecule has 5 nitrogen and oxygen atoms in total. The monoisotopic (exact) mass is 380 g/mol. The maximum Gasteiger partial charge on any atom is 0.338 e. The van der Waals surface area contributed by atoms with Crippen LogP contribution in [0.1, 0.15) is 31.9 Å². The second kappa shape index (κ2) is 9.09. The van der Waals surface area contributed by atoms with Crippen molar-refractivity contribution >= 4 is 23.3 Å². The fourth-order valence-electron chi connectivity index (χ4n) is 3.05. The standard InChI is InChI=1S/C19H26FN3O2S/c1-5-25-18(24)16-13(2)23(11-7-10-22(3)4)19(26)21-17(16)14-8-6-9-15(20)12-14/h6,8-9,12,17H,5,7,10-11H2,1-4H3,(H,21,26)/p+1/t17-/m1/s1. The zero-order chi connectivity index (χ0) is 19.3. The van der Waals surface area contributed by atoms with Crippen LogP contribution in [0.15, 0.2) is 35.5 Å². The van der Waals surface area contributed by atoms with Gasteiger partial charge in [0.25, 0.3) is 0 Å². The molecule has 0 saturated carbocycles. The number of carbonyl (C=O) groups is 1. The number of quaternary nitrogens is 1. The summed E-state index contributed by atoms with van der Waals surface area (Å²) in [6, 6.07) is 5.67. The van der Waals surface area contributed by atoms with Crippen LogP contribution in [0, 0.1) is 5.82 Å². The molecule has 2 rings (SSSR count). The van der Waals surface area contributed by atoms with E-state index in [9.17, 15) is 9.18 Å². The van der Waals surface area contributed by atoms with Gasteiger partial charge in [0.2, 0.25) is 0 Å². The number of benzene rings is 1. The Kier molecular flexibility index (Phi) is 7.11. The van der Waals surface area contributed by atoms with Crippen LogP contribution < -0.4 is 10.2 Å². The Hall–Kier alpha value is -1.99. The highest BCUT2D eigenvalue weighted by molar-refractivity contribution is 7.80. The molecule has 142 valence electrons. The first-order valence-electron chi connectivity index (χ1n) is 8.85. The maximum absolute atomic E-state index is 13.7. The molecule has 1 aromatic carbocycles. The zero-order valence-electron chi connectivity index (χ0n) is 15.8. The Morgan fingerprint density at radius 3 is 2.77 bits per heavy atom. The topological polar surface area (TPSA) is 46.0 Å². The first kappa shape index (κ1) is 20.3. The Morgan fingerprint density at radius 2 is 2.15 bits per heavy atom. The molecule has 1 aliphatic heterocycles. The van der Waals surface area contributed by atoms with E-state index >= 15 is 0 Å². The van der Waals surface area contributed by atoms with Crippen molar-refractivity contribution < 1.29 is 18.8 Å². The van der Waals surface area contributed by atoms with E-state index in [1.165, 1.54) is 17.0 Å². The van der Waals surface area contributed by atoms with Gasteiger partial charge in [-0.3, -0.25) is 0 Å². The van der Waals surface area contributed by atoms with Gasteiger partial charge in [-0.2, -0.15) is 0 Å². The van der Waals surface area contributed by atoms with E-state index in [4.69, 9.17) is 17.0 Å². The van der Waals surface area contributed by atoms with Gasteiger partial charge in [-0.25, -0.2) is 9.18 Å². The van der Waals surface area contributed by atoms with Crippen molar-refractivity contribution in [1.29, 1.82) is 0 Å². The molecule has 2 N–H and O–H groups in total. The van der Waals surface area contributed by atoms with Crippen LogP contribution in [0.4, 0.5) is 4.39 Å². The number of ether oxygens (including phenoxy) is 1. The van der Waals surface area contributed by atoms with E-state index in [0.29, 0.717) is 22.8 Å². The summed E-state index contributed by atoms with van der Waals surface area (Å²) in [6.07, 6.45) is 0.933. The second-order valence-electron chi connectivity index (χ2n) is 6.62. The number of esters is 1. The van der Waals surface area contributed by atoms with Crippen molar-refractivity contribution in [2.45, 2.75) is 26.3 Å². The molecule has 1 aliphatic rings. The quantitative estimate of drug-likeness (QED) is 0.554. The lowest BCUT2D eigenvalue weighted by atomic mass is 9.95. The van der Waals surface area contributed by atoms with Crippen LogP contribution in [-0.4, -0.2) is 49.8 Å². The Morgan fingerprint density at radius 1 is 1.42 bits per heavy atom. The largest absolute Gasteiger partial charge is 0.463 e. The minimum atomic E-state index is -0.520. The maximum atomic E-state index is 13.7. The van der Waals surface area contributed by atoms with Crippen molar-refractivity contribution in [2.75, 3.05) is 33.8 Å². The van der Waals surface area contributed by atoms with Crippen molar-refractivity contribution in [3.05, 3.63) is 46.9 Å². The zero-order valence-corrected chi connectivity index (χ0v) is 16.6. The number of rotatable bonds is 7. The Labute approximate surface area is 159 Å². The second-order valence-corrected chi connectivity index (χ2v) is 7.01. The summed E-state index contributed by atoms with van der Waals surface area (Å²) in [6.45, 7) is 5.62. The predicted molar refractivity (Wildman–Crippen MR) is 103 cm³/mol. The van der Waals surface area contributed by atoms with Crippen LogP contribution in [0.2, 0.25) is 0 Å². The summed E-state index contributed by atoms with van der Waals surface area (Å²) < 4.78 is 19.0. The third-order valence-electron chi connectivity index (χ3n) is 4.33. The van der Waals surface area contributed by atoms with E-state index in [-0.39, 0.29) is 12.4 Å². The molecule has 0 amide bonds. The van der Waals surface area contributed by atoms with Crippen LogP contribution in [0.3, 0.4) is 0 Å². The Bertz CT molecular complexity index is 706. The van der Waals surface area contributed by atoms with Gasteiger partial charge in [-0.05, 0) is 43.8 Å². The Balaban J connectivity index is 2.38. The molecular weight excluding hydrogens is 353 g/mol. The van der Waals surface area contributed by atoms with Gasteiger partial charge >= 0.3 is 5.97 Å². The number of halogens is 1. The lowest BCUT2D eigenvalue weighted by Crippen LogP contribution is -3.05. The van der Waals surface area contributed by atoms with Gasteiger partial charge in [0.05, 0.1) is 38.9 Å². The third-order valence-corrected chi connectivity index (χ3v) is 4.67. The van der Waals surface area contributed by atoms with E-state index in [2.05, 4.69) is 19.4 Å². The minimum Gasteiger partial charge on any atom is -0.463 e. The fraction of sp³-hybridized carbons (Fsp3) is 0.474. The fourth-order valence-corrected chi connectivity index (χ4v) is 3.40. The van der Waals surface area contributed by atoms with E-state index in [1.54, 1.807) is 19.1 Å². The summed E-state index contributed by atoms with van der Waals surface area (Å²) in [4.78, 5) is 15.9. The molecule has 1 heterocycles. The lowest BCUT2D eigenvalue weighted by molar-refractivity contribution is -0.858. The molecule has 0 fully saturated rings. The number of nitrogens with one attached hydrogen (secondary N) is 2. The highest BCUT2D eigenvalue weighted by Crippen LogP contribution is 2.31. The van der Waals surface area contributed by atoms with Gasteiger partial charge in [0, 0.05) is 18.7 Å². The summed E-state index contributed by atoms with van der Waals surface area (Å²) in [7, 11) is 4.19. The molecule has 0 saturated heterocycles. The molecule has 0 bridgehead atoms. The average Bonchev–Trinajstić information content (AvgIpc) is 2.57. The molecule has 0 spiro atoms.